The van der Waals surface area contributed by atoms with Gasteiger partial charge in [-0.1, -0.05) is 55.5 Å². The van der Waals surface area contributed by atoms with Crippen molar-refractivity contribution in [2.75, 3.05) is 38.6 Å². The Bertz CT molecular complexity index is 1100. The second-order valence-corrected chi connectivity index (χ2v) is 9.21. The molecule has 2 amide bonds. The molecule has 0 bridgehead atoms. The molecule has 1 saturated heterocycles. The summed E-state index contributed by atoms with van der Waals surface area (Å²) in [5, 5.41) is 3.09. The van der Waals surface area contributed by atoms with Crippen LogP contribution in [0.15, 0.2) is 72.8 Å². The quantitative estimate of drug-likeness (QED) is 0.362. The second kappa shape index (κ2) is 13.0. The molecule has 0 aliphatic carbocycles. The van der Waals surface area contributed by atoms with Crippen LogP contribution in [0.4, 0.5) is 10.5 Å². The highest BCUT2D eigenvalue weighted by Gasteiger charge is 2.19. The summed E-state index contributed by atoms with van der Waals surface area (Å²) in [6.07, 6.45) is 3.44. The van der Waals surface area contributed by atoms with Crippen molar-refractivity contribution in [2.24, 2.45) is 0 Å². The molecule has 4 rings (SSSR count). The zero-order valence-corrected chi connectivity index (χ0v) is 21.4. The van der Waals surface area contributed by atoms with Gasteiger partial charge >= 0.3 is 6.03 Å². The maximum atomic E-state index is 13.3. The molecular formula is C30H37N3O3. The third-order valence-corrected chi connectivity index (χ3v) is 6.62. The Balaban J connectivity index is 1.47. The van der Waals surface area contributed by atoms with Crippen LogP contribution in [0.1, 0.15) is 36.5 Å². The van der Waals surface area contributed by atoms with Crippen LogP contribution < -0.4 is 14.8 Å². The minimum Gasteiger partial charge on any atom is -0.493 e. The normalized spacial score (nSPS) is 13.4. The molecule has 0 saturated carbocycles. The number of urea groups is 1. The number of likely N-dealkylation sites (tertiary alicyclic amines) is 1. The number of hydrogen-bond acceptors (Lipinski definition) is 4. The fraction of sp³-hybridized carbons (Fsp3) is 0.367. The van der Waals surface area contributed by atoms with Crippen LogP contribution in [-0.4, -0.2) is 49.1 Å². The Hall–Kier alpha value is -3.51. The highest BCUT2D eigenvalue weighted by molar-refractivity contribution is 5.89. The molecule has 1 N–H and O–H groups in total. The number of amides is 2. The number of rotatable bonds is 11. The molecule has 0 aromatic heterocycles. The number of ether oxygens (including phenoxy) is 2. The number of aryl methyl sites for hydroxylation is 1. The number of hydrogen-bond donors (Lipinski definition) is 1. The standard InChI is InChI=1S/C30H37N3O3/c1-3-24-11-14-27(15-12-24)31-30(34)33(20-19-32-17-7-8-18-32)22-26-13-16-28(35-2)29(21-26)36-23-25-9-5-4-6-10-25/h4-6,9-16,21H,3,7-8,17-20,22-23H2,1-2H3,(H,31,34). The molecule has 1 aliphatic heterocycles. The lowest BCUT2D eigenvalue weighted by atomic mass is 10.1. The van der Waals surface area contributed by atoms with Gasteiger partial charge in [0, 0.05) is 25.3 Å². The van der Waals surface area contributed by atoms with Crippen molar-refractivity contribution < 1.29 is 14.3 Å². The minimum atomic E-state index is -0.0963. The molecule has 0 unspecified atom stereocenters. The van der Waals surface area contributed by atoms with Gasteiger partial charge in [-0.15, -0.1) is 0 Å². The van der Waals surface area contributed by atoms with Gasteiger partial charge in [0.25, 0.3) is 0 Å². The molecule has 1 heterocycles. The van der Waals surface area contributed by atoms with Crippen molar-refractivity contribution >= 4 is 11.7 Å². The van der Waals surface area contributed by atoms with E-state index in [1.807, 2.05) is 65.6 Å². The summed E-state index contributed by atoms with van der Waals surface area (Å²) in [4.78, 5) is 17.6. The van der Waals surface area contributed by atoms with Gasteiger partial charge in [-0.25, -0.2) is 4.79 Å². The molecular weight excluding hydrogens is 450 g/mol. The van der Waals surface area contributed by atoms with Gasteiger partial charge in [0.2, 0.25) is 0 Å². The predicted molar refractivity (Wildman–Crippen MR) is 145 cm³/mol. The van der Waals surface area contributed by atoms with Gasteiger partial charge < -0.3 is 24.6 Å². The highest BCUT2D eigenvalue weighted by Crippen LogP contribution is 2.29. The van der Waals surface area contributed by atoms with E-state index in [2.05, 4.69) is 29.3 Å². The van der Waals surface area contributed by atoms with Gasteiger partial charge in [-0.3, -0.25) is 0 Å². The van der Waals surface area contributed by atoms with E-state index in [9.17, 15) is 4.79 Å². The van der Waals surface area contributed by atoms with Crippen molar-refractivity contribution in [3.63, 3.8) is 0 Å². The minimum absolute atomic E-state index is 0.0963. The van der Waals surface area contributed by atoms with E-state index in [4.69, 9.17) is 9.47 Å². The Morgan fingerprint density at radius 1 is 0.917 bits per heavy atom. The molecule has 6 heteroatoms. The van der Waals surface area contributed by atoms with Crippen LogP contribution in [-0.2, 0) is 19.6 Å². The Kier molecular flexibility index (Phi) is 9.22. The lowest BCUT2D eigenvalue weighted by molar-refractivity contribution is 0.197. The smallest absolute Gasteiger partial charge is 0.322 e. The maximum Gasteiger partial charge on any atom is 0.322 e. The first-order chi connectivity index (χ1) is 17.6. The lowest BCUT2D eigenvalue weighted by Gasteiger charge is -2.26. The van der Waals surface area contributed by atoms with Crippen LogP contribution >= 0.6 is 0 Å². The molecule has 6 nitrogen and oxygen atoms in total. The topological polar surface area (TPSA) is 54.0 Å². The van der Waals surface area contributed by atoms with Crippen LogP contribution in [0, 0.1) is 0 Å². The van der Waals surface area contributed by atoms with Crippen LogP contribution in [0.2, 0.25) is 0 Å². The SMILES string of the molecule is CCc1ccc(NC(=O)N(CCN2CCCC2)Cc2ccc(OC)c(OCc3ccccc3)c2)cc1. The van der Waals surface area contributed by atoms with Gasteiger partial charge in [0.15, 0.2) is 11.5 Å². The molecule has 1 fully saturated rings. The molecule has 0 radical (unpaired) electrons. The summed E-state index contributed by atoms with van der Waals surface area (Å²) >= 11 is 0. The van der Waals surface area contributed by atoms with Crippen LogP contribution in [0.3, 0.4) is 0 Å². The van der Waals surface area contributed by atoms with Crippen molar-refractivity contribution in [1.82, 2.24) is 9.80 Å². The second-order valence-electron chi connectivity index (χ2n) is 9.21. The Labute approximate surface area is 214 Å². The van der Waals surface area contributed by atoms with E-state index in [1.165, 1.54) is 18.4 Å². The molecule has 0 atom stereocenters. The Morgan fingerprint density at radius 3 is 2.33 bits per heavy atom. The van der Waals surface area contributed by atoms with Gasteiger partial charge in [-0.05, 0) is 73.3 Å². The number of methoxy groups -OCH3 is 1. The Morgan fingerprint density at radius 2 is 1.64 bits per heavy atom. The maximum absolute atomic E-state index is 13.3. The first kappa shape index (κ1) is 25.6. The van der Waals surface area contributed by atoms with Gasteiger partial charge in [0.1, 0.15) is 6.61 Å². The number of carbonyl (C=O) groups is 1. The summed E-state index contributed by atoms with van der Waals surface area (Å²) < 4.78 is 11.6. The molecule has 36 heavy (non-hydrogen) atoms. The zero-order chi connectivity index (χ0) is 25.2. The van der Waals surface area contributed by atoms with Crippen LogP contribution in [0.25, 0.3) is 0 Å². The highest BCUT2D eigenvalue weighted by atomic mass is 16.5. The first-order valence-corrected chi connectivity index (χ1v) is 12.9. The van der Waals surface area contributed by atoms with E-state index in [1.54, 1.807) is 7.11 Å². The summed E-state index contributed by atoms with van der Waals surface area (Å²) in [5.41, 5.74) is 4.15. The molecule has 3 aromatic carbocycles. The predicted octanol–water partition coefficient (Wildman–Crippen LogP) is 5.97. The number of nitrogens with one attached hydrogen (secondary N) is 1. The number of anilines is 1. The summed E-state index contributed by atoms with van der Waals surface area (Å²) in [6, 6.07) is 23.9. The van der Waals surface area contributed by atoms with Crippen molar-refractivity contribution in [3.05, 3.63) is 89.5 Å². The van der Waals surface area contributed by atoms with Crippen LogP contribution in [0.5, 0.6) is 11.5 Å². The number of benzene rings is 3. The third kappa shape index (κ3) is 7.25. The van der Waals surface area contributed by atoms with Crippen molar-refractivity contribution in [1.29, 1.82) is 0 Å². The summed E-state index contributed by atoms with van der Waals surface area (Å²) in [5.74, 6) is 1.35. The van der Waals surface area contributed by atoms with E-state index < -0.39 is 0 Å². The largest absolute Gasteiger partial charge is 0.493 e. The van der Waals surface area contributed by atoms with E-state index in [0.29, 0.717) is 31.2 Å². The third-order valence-electron chi connectivity index (χ3n) is 6.62. The fourth-order valence-corrected chi connectivity index (χ4v) is 4.44. The molecule has 3 aromatic rings. The zero-order valence-electron chi connectivity index (χ0n) is 21.4. The monoisotopic (exact) mass is 487 g/mol. The van der Waals surface area contributed by atoms with E-state index in [-0.39, 0.29) is 6.03 Å². The fourth-order valence-electron chi connectivity index (χ4n) is 4.44. The van der Waals surface area contributed by atoms with Crippen molar-refractivity contribution in [2.45, 2.75) is 39.3 Å². The molecule has 1 aliphatic rings. The average molecular weight is 488 g/mol. The number of nitrogens with zero attached hydrogens (tertiary/aromatic N) is 2. The van der Waals surface area contributed by atoms with Crippen molar-refractivity contribution in [3.8, 4) is 11.5 Å². The summed E-state index contributed by atoms with van der Waals surface area (Å²) in [6.45, 7) is 6.80. The van der Waals surface area contributed by atoms with E-state index in [0.717, 1.165) is 42.9 Å². The average Bonchev–Trinajstić information content (AvgIpc) is 3.44. The number of carbonyl (C=O) groups excluding carboxylic acids is 1. The van der Waals surface area contributed by atoms with Gasteiger partial charge in [-0.2, -0.15) is 0 Å². The first-order valence-electron chi connectivity index (χ1n) is 12.9. The van der Waals surface area contributed by atoms with Gasteiger partial charge in [0.05, 0.1) is 7.11 Å². The lowest BCUT2D eigenvalue weighted by Crippen LogP contribution is -2.40. The molecule has 0 spiro atoms. The summed E-state index contributed by atoms with van der Waals surface area (Å²) in [7, 11) is 1.64. The molecule has 190 valence electrons. The van der Waals surface area contributed by atoms with E-state index >= 15 is 0 Å².